The van der Waals surface area contributed by atoms with Crippen LogP contribution in [-0.4, -0.2) is 19.2 Å². The van der Waals surface area contributed by atoms with Gasteiger partial charge in [0, 0.05) is 20.2 Å². The second kappa shape index (κ2) is 22.2. The fourth-order valence-corrected chi connectivity index (χ4v) is 1.87. The number of primary amides is 1. The number of nitrogens with two attached hydrogens (primary N) is 1. The Kier molecular flexibility index (Phi) is 26.0. The summed E-state index contributed by atoms with van der Waals surface area (Å²) in [5.74, 6) is 0.630. The van der Waals surface area contributed by atoms with Crippen LogP contribution >= 0.6 is 0 Å². The molecule has 1 amide bonds. The molecule has 0 atom stereocenters. The molecule has 2 N–H and O–H groups in total. The minimum absolute atomic E-state index is 0.333. The van der Waals surface area contributed by atoms with Crippen molar-refractivity contribution in [2.75, 3.05) is 7.05 Å². The first kappa shape index (κ1) is 25.8. The number of rotatable bonds is 8. The van der Waals surface area contributed by atoms with Crippen LogP contribution in [0.1, 0.15) is 86.5 Å². The molecule has 0 spiro atoms. The van der Waals surface area contributed by atoms with Crippen LogP contribution in [0.4, 0.5) is 0 Å². The van der Waals surface area contributed by atoms with Crippen LogP contribution in [0.5, 0.6) is 0 Å². The van der Waals surface area contributed by atoms with E-state index in [-0.39, 0.29) is 5.91 Å². The van der Waals surface area contributed by atoms with Gasteiger partial charge in [-0.3, -0.25) is 9.79 Å². The number of aliphatic imine (C=N–C) groups is 1. The molecule has 0 rings (SSSR count). The van der Waals surface area contributed by atoms with E-state index in [0.717, 1.165) is 5.92 Å². The molecule has 22 heavy (non-hydrogen) atoms. The van der Waals surface area contributed by atoms with E-state index in [1.165, 1.54) is 57.4 Å². The highest BCUT2D eigenvalue weighted by Crippen LogP contribution is 2.10. The molecule has 0 fully saturated rings. The predicted octanol–water partition coefficient (Wildman–Crippen LogP) is 5.54. The first-order valence-corrected chi connectivity index (χ1v) is 8.69. The van der Waals surface area contributed by atoms with Gasteiger partial charge in [-0.2, -0.15) is 0 Å². The molecule has 0 aromatic rings. The lowest BCUT2D eigenvalue weighted by Gasteiger charge is -2.05. The van der Waals surface area contributed by atoms with E-state index in [9.17, 15) is 4.79 Å². The van der Waals surface area contributed by atoms with Crippen LogP contribution in [0, 0.1) is 5.92 Å². The highest BCUT2D eigenvalue weighted by molar-refractivity contribution is 5.71. The largest absolute Gasteiger partial charge is 0.370 e. The Bertz CT molecular complexity index is 273. The fourth-order valence-electron chi connectivity index (χ4n) is 1.87. The van der Waals surface area contributed by atoms with Gasteiger partial charge in [0.05, 0.1) is 0 Å². The number of allylic oxidation sites excluding steroid dienone is 2. The van der Waals surface area contributed by atoms with E-state index in [1.54, 1.807) is 7.05 Å². The minimum atomic E-state index is -0.333. The summed E-state index contributed by atoms with van der Waals surface area (Å²) in [6, 6.07) is 0. The molecule has 0 heterocycles. The summed E-state index contributed by atoms with van der Waals surface area (Å²) in [6.45, 7) is 12.5. The van der Waals surface area contributed by atoms with Gasteiger partial charge < -0.3 is 5.73 Å². The van der Waals surface area contributed by atoms with Crippen LogP contribution in [0.3, 0.4) is 0 Å². The van der Waals surface area contributed by atoms with E-state index in [4.69, 9.17) is 0 Å². The van der Waals surface area contributed by atoms with E-state index in [0.29, 0.717) is 0 Å². The summed E-state index contributed by atoms with van der Waals surface area (Å²) in [6.07, 6.45) is 13.2. The van der Waals surface area contributed by atoms with Crippen molar-refractivity contribution < 1.29 is 4.79 Å². The number of unbranched alkanes of at least 4 members (excludes halogenated alkanes) is 1. The van der Waals surface area contributed by atoms with Gasteiger partial charge in [-0.15, -0.1) is 0 Å². The maximum Gasteiger partial charge on any atom is 0.214 e. The molecular formula is C19H40N2O. The van der Waals surface area contributed by atoms with Gasteiger partial charge >= 0.3 is 0 Å². The van der Waals surface area contributed by atoms with Crippen molar-refractivity contribution in [3.63, 3.8) is 0 Å². The van der Waals surface area contributed by atoms with Gasteiger partial charge in [0.15, 0.2) is 0 Å². The maximum absolute atomic E-state index is 9.22. The van der Waals surface area contributed by atoms with E-state index < -0.39 is 0 Å². The molecule has 0 aliphatic carbocycles. The van der Waals surface area contributed by atoms with Crippen molar-refractivity contribution in [1.29, 1.82) is 0 Å². The molecule has 0 radical (unpaired) electrons. The molecule has 0 saturated heterocycles. The quantitative estimate of drug-likeness (QED) is 0.588. The summed E-state index contributed by atoms with van der Waals surface area (Å²) >= 11 is 0. The third kappa shape index (κ3) is 36.4. The molecule has 3 heteroatoms. The summed E-state index contributed by atoms with van der Waals surface area (Å²) < 4.78 is 0. The summed E-state index contributed by atoms with van der Waals surface area (Å²) in [5.41, 5.74) is 5.90. The molecular weight excluding hydrogens is 272 g/mol. The molecule has 132 valence electrons. The topological polar surface area (TPSA) is 55.5 Å². The van der Waals surface area contributed by atoms with Crippen LogP contribution in [0.25, 0.3) is 0 Å². The maximum atomic E-state index is 9.22. The number of nitrogens with zero attached hydrogens (tertiary/aromatic N) is 1. The van der Waals surface area contributed by atoms with Crippen molar-refractivity contribution in [3.8, 4) is 0 Å². The van der Waals surface area contributed by atoms with Crippen molar-refractivity contribution in [1.82, 2.24) is 0 Å². The number of hydrogen-bond acceptors (Lipinski definition) is 2. The highest BCUT2D eigenvalue weighted by Gasteiger charge is 1.95. The van der Waals surface area contributed by atoms with Crippen LogP contribution in [-0.2, 0) is 4.79 Å². The van der Waals surface area contributed by atoms with Gasteiger partial charge in [0.25, 0.3) is 0 Å². The monoisotopic (exact) mass is 312 g/mol. The lowest BCUT2D eigenvalue weighted by atomic mass is 10.0. The van der Waals surface area contributed by atoms with Crippen molar-refractivity contribution in [2.24, 2.45) is 16.6 Å². The second-order valence-corrected chi connectivity index (χ2v) is 5.82. The smallest absolute Gasteiger partial charge is 0.214 e. The Labute approximate surface area is 139 Å². The SMILES string of the molecule is CC(N)=O.CCCC(C)CCC.CCCC/C(C)=C/C=NC. The van der Waals surface area contributed by atoms with Gasteiger partial charge in [0.2, 0.25) is 5.91 Å². The Morgan fingerprint density at radius 2 is 1.55 bits per heavy atom. The molecule has 0 unspecified atom stereocenters. The zero-order chi connectivity index (χ0) is 17.8. The average molecular weight is 313 g/mol. The minimum Gasteiger partial charge on any atom is -0.370 e. The number of hydrogen-bond donors (Lipinski definition) is 1. The van der Waals surface area contributed by atoms with Crippen LogP contribution in [0.2, 0.25) is 0 Å². The first-order valence-electron chi connectivity index (χ1n) is 8.69. The average Bonchev–Trinajstić information content (AvgIpc) is 2.43. The van der Waals surface area contributed by atoms with Crippen molar-refractivity contribution >= 4 is 12.1 Å². The van der Waals surface area contributed by atoms with Gasteiger partial charge in [-0.05, 0) is 31.8 Å². The van der Waals surface area contributed by atoms with Crippen LogP contribution in [0.15, 0.2) is 16.6 Å². The molecule has 3 nitrogen and oxygen atoms in total. The Morgan fingerprint density at radius 1 is 1.09 bits per heavy atom. The highest BCUT2D eigenvalue weighted by atomic mass is 16.1. The summed E-state index contributed by atoms with van der Waals surface area (Å²) in [5, 5.41) is 0. The third-order valence-electron chi connectivity index (χ3n) is 3.00. The van der Waals surface area contributed by atoms with E-state index in [1.807, 2.05) is 6.21 Å². The van der Waals surface area contributed by atoms with Gasteiger partial charge in [-0.1, -0.05) is 65.4 Å². The van der Waals surface area contributed by atoms with E-state index >= 15 is 0 Å². The molecule has 0 aromatic heterocycles. The second-order valence-electron chi connectivity index (χ2n) is 5.82. The lowest BCUT2D eigenvalue weighted by molar-refractivity contribution is -0.115. The Morgan fingerprint density at radius 3 is 1.86 bits per heavy atom. The molecule has 0 aromatic carbocycles. The summed E-state index contributed by atoms with van der Waals surface area (Å²) in [4.78, 5) is 13.1. The van der Waals surface area contributed by atoms with Crippen LogP contribution < -0.4 is 5.73 Å². The Hall–Kier alpha value is -1.12. The predicted molar refractivity (Wildman–Crippen MR) is 102 cm³/mol. The summed E-state index contributed by atoms with van der Waals surface area (Å²) in [7, 11) is 1.80. The number of carbonyl (C=O) groups is 1. The van der Waals surface area contributed by atoms with Crippen molar-refractivity contribution in [3.05, 3.63) is 11.6 Å². The Balaban J connectivity index is -0.000000269. The number of amides is 1. The number of carbonyl (C=O) groups excluding carboxylic acids is 1. The normalized spacial score (nSPS) is 10.8. The third-order valence-corrected chi connectivity index (χ3v) is 3.00. The molecule has 0 aliphatic rings. The zero-order valence-electron chi connectivity index (χ0n) is 16.1. The first-order chi connectivity index (χ1) is 10.3. The van der Waals surface area contributed by atoms with E-state index in [2.05, 4.69) is 51.4 Å². The van der Waals surface area contributed by atoms with Gasteiger partial charge in [-0.25, -0.2) is 0 Å². The lowest BCUT2D eigenvalue weighted by Crippen LogP contribution is -2.01. The van der Waals surface area contributed by atoms with Crippen molar-refractivity contribution in [2.45, 2.75) is 86.5 Å². The molecule has 0 bridgehead atoms. The molecule has 0 saturated carbocycles. The standard InChI is InChI=1S/C9H17N.C8H18.C2H5NO/c1-4-5-6-9(2)7-8-10-3;1-4-6-8(3)7-5-2;1-2(3)4/h7-8H,4-6H2,1-3H3;8H,4-7H2,1-3H3;1H3,(H2,3,4)/b9-7+,10-8?;;. The van der Waals surface area contributed by atoms with Gasteiger partial charge in [0.1, 0.15) is 0 Å². The molecule has 0 aliphatic heterocycles. The fraction of sp³-hybridized carbons (Fsp3) is 0.789. The zero-order valence-corrected chi connectivity index (χ0v) is 16.1.